The molecule has 1 rings (SSSR count). The fraction of sp³-hybridized carbons (Fsp3) is 0.800. The Labute approximate surface area is 74.8 Å². The minimum absolute atomic E-state index is 0.268. The molecule has 12 heavy (non-hydrogen) atoms. The lowest BCUT2D eigenvalue weighted by Gasteiger charge is -2.28. The van der Waals surface area contributed by atoms with Crippen LogP contribution in [-0.2, 0) is 4.74 Å². The molecule has 0 bridgehead atoms. The smallest absolute Gasteiger partial charge is 0.0730 e. The normalized spacial score (nSPS) is 31.2. The third-order valence-electron chi connectivity index (χ3n) is 2.40. The van der Waals surface area contributed by atoms with Gasteiger partial charge in [-0.3, -0.25) is 0 Å². The maximum absolute atomic E-state index is 5.91. The van der Waals surface area contributed by atoms with Gasteiger partial charge in [0.1, 0.15) is 0 Å². The van der Waals surface area contributed by atoms with Crippen molar-refractivity contribution in [3.05, 3.63) is 12.2 Å². The van der Waals surface area contributed by atoms with Crippen LogP contribution >= 0.6 is 0 Å². The highest BCUT2D eigenvalue weighted by atomic mass is 16.5. The van der Waals surface area contributed by atoms with Crippen LogP contribution in [0.5, 0.6) is 0 Å². The quantitative estimate of drug-likeness (QED) is 0.654. The molecule has 70 valence electrons. The van der Waals surface area contributed by atoms with E-state index in [0.29, 0.717) is 6.10 Å². The van der Waals surface area contributed by atoms with Gasteiger partial charge in [0.25, 0.3) is 0 Å². The SMILES string of the molecule is C/C=C/COC1CCCCC1N. The van der Waals surface area contributed by atoms with Gasteiger partial charge >= 0.3 is 0 Å². The van der Waals surface area contributed by atoms with Crippen molar-refractivity contribution < 1.29 is 4.74 Å². The van der Waals surface area contributed by atoms with Gasteiger partial charge in [0.15, 0.2) is 0 Å². The number of rotatable bonds is 3. The zero-order chi connectivity index (χ0) is 8.81. The summed E-state index contributed by atoms with van der Waals surface area (Å²) in [7, 11) is 0. The minimum Gasteiger partial charge on any atom is -0.373 e. The van der Waals surface area contributed by atoms with Crippen molar-refractivity contribution in [2.75, 3.05) is 6.61 Å². The third kappa shape index (κ3) is 2.95. The zero-order valence-corrected chi connectivity index (χ0v) is 7.83. The largest absolute Gasteiger partial charge is 0.373 e. The number of allylic oxidation sites excluding steroid dienone is 1. The summed E-state index contributed by atoms with van der Waals surface area (Å²) >= 11 is 0. The number of nitrogens with two attached hydrogens (primary N) is 1. The Morgan fingerprint density at radius 1 is 1.42 bits per heavy atom. The van der Waals surface area contributed by atoms with Gasteiger partial charge in [0.05, 0.1) is 12.7 Å². The molecule has 0 aromatic heterocycles. The van der Waals surface area contributed by atoms with Crippen molar-refractivity contribution in [2.45, 2.75) is 44.8 Å². The first-order valence-corrected chi connectivity index (χ1v) is 4.83. The molecule has 0 spiro atoms. The van der Waals surface area contributed by atoms with Crippen LogP contribution in [0, 0.1) is 0 Å². The predicted molar refractivity (Wildman–Crippen MR) is 51.0 cm³/mol. The highest BCUT2D eigenvalue weighted by molar-refractivity contribution is 4.81. The molecular formula is C10H19NO. The summed E-state index contributed by atoms with van der Waals surface area (Å²) in [6.45, 7) is 2.72. The Morgan fingerprint density at radius 2 is 2.17 bits per heavy atom. The molecule has 1 aliphatic carbocycles. The molecule has 2 nitrogen and oxygen atoms in total. The third-order valence-corrected chi connectivity index (χ3v) is 2.40. The van der Waals surface area contributed by atoms with E-state index in [1.165, 1.54) is 12.8 Å². The number of hydrogen-bond acceptors (Lipinski definition) is 2. The number of hydrogen-bond donors (Lipinski definition) is 1. The van der Waals surface area contributed by atoms with Gasteiger partial charge in [-0.05, 0) is 19.8 Å². The topological polar surface area (TPSA) is 35.2 Å². The van der Waals surface area contributed by atoms with Gasteiger partial charge in [-0.2, -0.15) is 0 Å². The molecule has 0 saturated heterocycles. The fourth-order valence-electron chi connectivity index (χ4n) is 1.61. The predicted octanol–water partition coefficient (Wildman–Crippen LogP) is 1.85. The highest BCUT2D eigenvalue weighted by Crippen LogP contribution is 2.19. The van der Waals surface area contributed by atoms with E-state index in [1.807, 2.05) is 19.1 Å². The first kappa shape index (κ1) is 9.75. The Balaban J connectivity index is 2.20. The second kappa shape index (κ2) is 5.33. The highest BCUT2D eigenvalue weighted by Gasteiger charge is 2.21. The van der Waals surface area contributed by atoms with E-state index in [-0.39, 0.29) is 6.04 Å². The summed E-state index contributed by atoms with van der Waals surface area (Å²) in [6, 6.07) is 0.268. The van der Waals surface area contributed by atoms with Gasteiger partial charge in [-0.1, -0.05) is 25.0 Å². The summed E-state index contributed by atoms with van der Waals surface area (Å²) in [5, 5.41) is 0. The molecule has 2 N–H and O–H groups in total. The molecule has 0 heterocycles. The lowest BCUT2D eigenvalue weighted by atomic mass is 9.93. The second-order valence-corrected chi connectivity index (χ2v) is 3.39. The zero-order valence-electron chi connectivity index (χ0n) is 7.83. The van der Waals surface area contributed by atoms with E-state index < -0.39 is 0 Å². The summed E-state index contributed by atoms with van der Waals surface area (Å²) in [5.74, 6) is 0. The Kier molecular flexibility index (Phi) is 4.33. The van der Waals surface area contributed by atoms with Gasteiger partial charge in [0.2, 0.25) is 0 Å². The maximum Gasteiger partial charge on any atom is 0.0730 e. The van der Waals surface area contributed by atoms with Crippen molar-refractivity contribution in [1.82, 2.24) is 0 Å². The van der Waals surface area contributed by atoms with Crippen molar-refractivity contribution in [3.63, 3.8) is 0 Å². The monoisotopic (exact) mass is 169 g/mol. The Hall–Kier alpha value is -0.340. The number of ether oxygens (including phenoxy) is 1. The minimum atomic E-state index is 0.268. The molecule has 1 saturated carbocycles. The maximum atomic E-state index is 5.91. The van der Waals surface area contributed by atoms with Crippen LogP contribution in [0.15, 0.2) is 12.2 Å². The van der Waals surface area contributed by atoms with Crippen LogP contribution in [0.1, 0.15) is 32.6 Å². The molecule has 2 heteroatoms. The Morgan fingerprint density at radius 3 is 2.83 bits per heavy atom. The Bertz CT molecular complexity index is 145. The van der Waals surface area contributed by atoms with Gasteiger partial charge in [-0.15, -0.1) is 0 Å². The lowest BCUT2D eigenvalue weighted by Crippen LogP contribution is -2.39. The average molecular weight is 169 g/mol. The van der Waals surface area contributed by atoms with Crippen LogP contribution in [0.4, 0.5) is 0 Å². The molecule has 0 aromatic rings. The van der Waals surface area contributed by atoms with Crippen molar-refractivity contribution in [2.24, 2.45) is 5.73 Å². The van der Waals surface area contributed by atoms with Crippen LogP contribution in [0.25, 0.3) is 0 Å². The van der Waals surface area contributed by atoms with Crippen molar-refractivity contribution >= 4 is 0 Å². The molecule has 0 aliphatic heterocycles. The summed E-state index contributed by atoms with van der Waals surface area (Å²) in [5.41, 5.74) is 5.91. The van der Waals surface area contributed by atoms with E-state index in [1.54, 1.807) is 0 Å². The molecule has 2 unspecified atom stereocenters. The standard InChI is InChI=1S/C10H19NO/c1-2-3-8-12-10-7-5-4-6-9(10)11/h2-3,9-10H,4-8,11H2,1H3/b3-2+. The van der Waals surface area contributed by atoms with E-state index >= 15 is 0 Å². The molecular weight excluding hydrogens is 150 g/mol. The van der Waals surface area contributed by atoms with E-state index in [9.17, 15) is 0 Å². The first-order chi connectivity index (χ1) is 5.84. The lowest BCUT2D eigenvalue weighted by molar-refractivity contribution is 0.0319. The molecule has 0 amide bonds. The average Bonchev–Trinajstić information content (AvgIpc) is 2.09. The van der Waals surface area contributed by atoms with Gasteiger partial charge in [-0.25, -0.2) is 0 Å². The van der Waals surface area contributed by atoms with Gasteiger partial charge < -0.3 is 10.5 Å². The summed E-state index contributed by atoms with van der Waals surface area (Å²) < 4.78 is 5.62. The summed E-state index contributed by atoms with van der Waals surface area (Å²) in [4.78, 5) is 0. The van der Waals surface area contributed by atoms with Crippen LogP contribution in [0.2, 0.25) is 0 Å². The van der Waals surface area contributed by atoms with Crippen molar-refractivity contribution in [3.8, 4) is 0 Å². The van der Waals surface area contributed by atoms with Crippen LogP contribution in [-0.4, -0.2) is 18.8 Å². The first-order valence-electron chi connectivity index (χ1n) is 4.83. The van der Waals surface area contributed by atoms with E-state index in [4.69, 9.17) is 10.5 Å². The van der Waals surface area contributed by atoms with E-state index in [2.05, 4.69) is 0 Å². The molecule has 0 aromatic carbocycles. The van der Waals surface area contributed by atoms with Crippen LogP contribution in [0.3, 0.4) is 0 Å². The fourth-order valence-corrected chi connectivity index (χ4v) is 1.61. The van der Waals surface area contributed by atoms with Crippen LogP contribution < -0.4 is 5.73 Å². The molecule has 2 atom stereocenters. The molecule has 0 radical (unpaired) electrons. The van der Waals surface area contributed by atoms with Crippen molar-refractivity contribution in [1.29, 1.82) is 0 Å². The van der Waals surface area contributed by atoms with Gasteiger partial charge in [0, 0.05) is 6.04 Å². The van der Waals surface area contributed by atoms with E-state index in [0.717, 1.165) is 19.4 Å². The molecule has 1 fully saturated rings. The second-order valence-electron chi connectivity index (χ2n) is 3.39. The molecule has 1 aliphatic rings. The summed E-state index contributed by atoms with van der Waals surface area (Å²) in [6.07, 6.45) is 9.14.